The predicted molar refractivity (Wildman–Crippen MR) is 123 cm³/mol. The van der Waals surface area contributed by atoms with Crippen molar-refractivity contribution in [1.29, 1.82) is 0 Å². The maximum absolute atomic E-state index is 6.90. The number of hydrogen-bond donors (Lipinski definition) is 1. The van der Waals surface area contributed by atoms with Crippen LogP contribution in [-0.4, -0.2) is 42.9 Å². The quantitative estimate of drug-likeness (QED) is 0.745. The Morgan fingerprint density at radius 3 is 2.84 bits per heavy atom. The van der Waals surface area contributed by atoms with E-state index in [0.717, 1.165) is 54.9 Å². The third kappa shape index (κ3) is 4.26. The van der Waals surface area contributed by atoms with Gasteiger partial charge in [-0.2, -0.15) is 4.98 Å². The predicted octanol–water partition coefficient (Wildman–Crippen LogP) is 4.66. The summed E-state index contributed by atoms with van der Waals surface area (Å²) in [5.74, 6) is 1.70. The summed E-state index contributed by atoms with van der Waals surface area (Å²) in [6.45, 7) is 5.92. The van der Waals surface area contributed by atoms with Gasteiger partial charge < -0.3 is 20.1 Å². The Morgan fingerprint density at radius 2 is 2.06 bits per heavy atom. The summed E-state index contributed by atoms with van der Waals surface area (Å²) in [6, 6.07) is 8.62. The highest BCUT2D eigenvalue weighted by Gasteiger charge is 2.42. The molecule has 166 valence electrons. The molecule has 1 spiro atoms. The largest absolute Gasteiger partial charge is 0.381 e. The maximum atomic E-state index is 6.90. The molecule has 2 unspecified atom stereocenters. The van der Waals surface area contributed by atoms with Crippen molar-refractivity contribution >= 4 is 23.4 Å². The Balaban J connectivity index is 1.42. The summed E-state index contributed by atoms with van der Waals surface area (Å²) >= 11 is 6.90. The van der Waals surface area contributed by atoms with Crippen molar-refractivity contribution in [1.82, 2.24) is 9.97 Å². The van der Waals surface area contributed by atoms with Gasteiger partial charge in [-0.25, -0.2) is 4.98 Å². The number of nitrogens with zero attached hydrogens (tertiary/aromatic N) is 3. The van der Waals surface area contributed by atoms with Crippen molar-refractivity contribution in [2.24, 2.45) is 5.41 Å². The van der Waals surface area contributed by atoms with Gasteiger partial charge in [0.1, 0.15) is 5.82 Å². The van der Waals surface area contributed by atoms with E-state index in [1.165, 1.54) is 31.2 Å². The second kappa shape index (κ2) is 8.57. The van der Waals surface area contributed by atoms with Crippen LogP contribution in [0, 0.1) is 12.3 Å². The number of rotatable bonds is 3. The second-order valence-corrected chi connectivity index (χ2v) is 9.79. The first-order valence-corrected chi connectivity index (χ1v) is 11.7. The minimum Gasteiger partial charge on any atom is -0.381 e. The van der Waals surface area contributed by atoms with Gasteiger partial charge in [0.2, 0.25) is 5.95 Å². The highest BCUT2D eigenvalue weighted by atomic mass is 35.5. The average Bonchev–Trinajstić information content (AvgIpc) is 3.30. The molecule has 1 aliphatic carbocycles. The Labute approximate surface area is 189 Å². The lowest BCUT2D eigenvalue weighted by molar-refractivity contribution is 0.134. The van der Waals surface area contributed by atoms with E-state index in [4.69, 9.17) is 26.8 Å². The molecule has 31 heavy (non-hydrogen) atoms. The van der Waals surface area contributed by atoms with Gasteiger partial charge in [0, 0.05) is 36.5 Å². The third-order valence-electron chi connectivity index (χ3n) is 7.23. The van der Waals surface area contributed by atoms with Crippen LogP contribution in [0.15, 0.2) is 24.3 Å². The van der Waals surface area contributed by atoms with Crippen molar-refractivity contribution in [3.05, 3.63) is 46.1 Å². The van der Waals surface area contributed by atoms with Gasteiger partial charge >= 0.3 is 0 Å². The van der Waals surface area contributed by atoms with Crippen LogP contribution in [0.2, 0.25) is 5.02 Å². The molecule has 0 bridgehead atoms. The molecule has 3 atom stereocenters. The number of nitrogen functional groups attached to an aromatic ring is 1. The van der Waals surface area contributed by atoms with E-state index in [1.54, 1.807) is 0 Å². The molecular weight excluding hydrogens is 412 g/mol. The van der Waals surface area contributed by atoms with Crippen LogP contribution < -0.4 is 10.6 Å². The van der Waals surface area contributed by atoms with Crippen LogP contribution in [0.3, 0.4) is 0 Å². The maximum Gasteiger partial charge on any atom is 0.222 e. The van der Waals surface area contributed by atoms with Crippen LogP contribution in [0.4, 0.5) is 11.8 Å². The normalized spacial score (nSPS) is 28.9. The zero-order valence-corrected chi connectivity index (χ0v) is 18.9. The minimum atomic E-state index is -0.00379. The van der Waals surface area contributed by atoms with Crippen LogP contribution in [0.25, 0.3) is 0 Å². The van der Waals surface area contributed by atoms with Crippen molar-refractivity contribution < 1.29 is 9.47 Å². The molecule has 2 saturated heterocycles. The highest BCUT2D eigenvalue weighted by molar-refractivity contribution is 6.31. The number of aromatic nitrogens is 2. The molecule has 5 rings (SSSR count). The molecule has 6 nitrogen and oxygen atoms in total. The number of nitrogens with two attached hydrogens (primary N) is 1. The van der Waals surface area contributed by atoms with E-state index in [2.05, 4.69) is 33.1 Å². The lowest BCUT2D eigenvalue weighted by Gasteiger charge is -2.32. The molecule has 0 amide bonds. The smallest absolute Gasteiger partial charge is 0.222 e. The first-order valence-electron chi connectivity index (χ1n) is 11.4. The molecule has 0 radical (unpaired) electrons. The van der Waals surface area contributed by atoms with Crippen LogP contribution in [-0.2, 0) is 9.47 Å². The zero-order chi connectivity index (χ0) is 21.4. The molecule has 2 N–H and O–H groups in total. The van der Waals surface area contributed by atoms with Crippen LogP contribution in [0.1, 0.15) is 60.9 Å². The molecular formula is C24H31ClN4O2. The molecule has 1 saturated carbocycles. The van der Waals surface area contributed by atoms with Crippen molar-refractivity contribution in [2.45, 2.75) is 51.0 Å². The van der Waals surface area contributed by atoms with Crippen molar-refractivity contribution in [3.8, 4) is 0 Å². The summed E-state index contributed by atoms with van der Waals surface area (Å²) in [5.41, 5.74) is 9.63. The summed E-state index contributed by atoms with van der Waals surface area (Å²) in [7, 11) is 0. The Kier molecular flexibility index (Phi) is 5.80. The fourth-order valence-corrected chi connectivity index (χ4v) is 5.91. The van der Waals surface area contributed by atoms with E-state index in [-0.39, 0.29) is 6.04 Å². The molecule has 1 aromatic carbocycles. The van der Waals surface area contributed by atoms with Crippen molar-refractivity contribution in [2.75, 3.05) is 43.6 Å². The van der Waals surface area contributed by atoms with E-state index in [0.29, 0.717) is 23.9 Å². The monoisotopic (exact) mass is 442 g/mol. The topological polar surface area (TPSA) is 73.5 Å². The summed E-state index contributed by atoms with van der Waals surface area (Å²) in [5, 5.41) is 0.806. The first-order chi connectivity index (χ1) is 15.0. The summed E-state index contributed by atoms with van der Waals surface area (Å²) in [6.07, 6.45) is 5.82. The molecule has 3 heterocycles. The Hall–Kier alpha value is -1.89. The highest BCUT2D eigenvalue weighted by Crippen LogP contribution is 2.51. The lowest BCUT2D eigenvalue weighted by Crippen LogP contribution is -2.32. The van der Waals surface area contributed by atoms with Crippen molar-refractivity contribution in [3.63, 3.8) is 0 Å². The van der Waals surface area contributed by atoms with E-state index < -0.39 is 0 Å². The fraction of sp³-hybridized carbons (Fsp3) is 0.583. The van der Waals surface area contributed by atoms with Gasteiger partial charge in [-0.1, -0.05) is 23.7 Å². The lowest BCUT2D eigenvalue weighted by atomic mass is 9.83. The molecule has 1 aromatic heterocycles. The fourth-order valence-electron chi connectivity index (χ4n) is 5.60. The first kappa shape index (κ1) is 21.0. The molecule has 7 heteroatoms. The summed E-state index contributed by atoms with van der Waals surface area (Å²) < 4.78 is 11.6. The second-order valence-electron chi connectivity index (χ2n) is 9.39. The van der Waals surface area contributed by atoms with Gasteiger partial charge in [0.15, 0.2) is 0 Å². The Morgan fingerprint density at radius 1 is 1.16 bits per heavy atom. The molecule has 3 aliphatic rings. The number of halogens is 1. The van der Waals surface area contributed by atoms with Gasteiger partial charge in [0.05, 0.1) is 19.3 Å². The minimum absolute atomic E-state index is 0.00379. The van der Waals surface area contributed by atoms with Gasteiger partial charge in [0.25, 0.3) is 0 Å². The SMILES string of the molecule is Cc1cc(N2CCCOC[C@@H]2c2ccc(C3CCC4(CCOC4)C3)cc2Cl)nc(N)n1. The number of benzene rings is 1. The standard InChI is InChI=1S/C24H31ClN4O2/c1-16-11-22(28-23(26)27-16)29-8-2-9-30-14-21(29)19-4-3-17(12-20(19)25)18-5-6-24(13-18)7-10-31-15-24/h3-4,11-12,18,21H,2,5-10,13-15H2,1H3,(H2,26,27,28)/t18?,21-,24?/m1/s1. The summed E-state index contributed by atoms with van der Waals surface area (Å²) in [4.78, 5) is 11.0. The van der Waals surface area contributed by atoms with E-state index in [1.807, 2.05) is 13.0 Å². The third-order valence-corrected chi connectivity index (χ3v) is 7.56. The number of anilines is 2. The van der Waals surface area contributed by atoms with Gasteiger partial charge in [-0.3, -0.25) is 0 Å². The molecule has 2 aromatic rings. The van der Waals surface area contributed by atoms with Crippen LogP contribution >= 0.6 is 11.6 Å². The van der Waals surface area contributed by atoms with Crippen LogP contribution in [0.5, 0.6) is 0 Å². The Bertz CT molecular complexity index is 927. The molecule has 3 fully saturated rings. The van der Waals surface area contributed by atoms with E-state index >= 15 is 0 Å². The molecule has 2 aliphatic heterocycles. The van der Waals surface area contributed by atoms with Gasteiger partial charge in [-0.15, -0.1) is 0 Å². The van der Waals surface area contributed by atoms with E-state index in [9.17, 15) is 0 Å². The zero-order valence-electron chi connectivity index (χ0n) is 18.1. The number of aryl methyl sites for hydroxylation is 1. The number of ether oxygens (including phenoxy) is 2. The van der Waals surface area contributed by atoms with Gasteiger partial charge in [-0.05, 0) is 67.6 Å². The number of hydrogen-bond acceptors (Lipinski definition) is 6. The average molecular weight is 443 g/mol.